The van der Waals surface area contributed by atoms with Crippen LogP contribution >= 0.6 is 34.2 Å². The van der Waals surface area contributed by atoms with Gasteiger partial charge in [-0.05, 0) is 40.8 Å². The third kappa shape index (κ3) is 2.31. The summed E-state index contributed by atoms with van der Waals surface area (Å²) >= 11 is 8.48. The zero-order valence-electron chi connectivity index (χ0n) is 9.61. The molecule has 18 heavy (non-hydrogen) atoms. The van der Waals surface area contributed by atoms with Gasteiger partial charge in [0.05, 0.1) is 5.69 Å². The molecule has 0 atom stereocenters. The van der Waals surface area contributed by atoms with Gasteiger partial charge in [0.2, 0.25) is 0 Å². The van der Waals surface area contributed by atoms with E-state index in [1.54, 1.807) is 6.33 Å². The van der Waals surface area contributed by atoms with Crippen LogP contribution in [-0.4, -0.2) is 16.5 Å². The van der Waals surface area contributed by atoms with Crippen LogP contribution in [0.2, 0.25) is 5.15 Å². The minimum absolute atomic E-state index is 0.579. The maximum Gasteiger partial charge on any atom is 0.137 e. The molecule has 1 aliphatic heterocycles. The number of aromatic nitrogens is 2. The Labute approximate surface area is 124 Å². The van der Waals surface area contributed by atoms with Gasteiger partial charge in [0.1, 0.15) is 11.5 Å². The quantitative estimate of drug-likeness (QED) is 0.569. The van der Waals surface area contributed by atoms with Crippen LogP contribution in [0.15, 0.2) is 30.6 Å². The van der Waals surface area contributed by atoms with E-state index in [9.17, 15) is 0 Å². The molecule has 92 valence electrons. The van der Waals surface area contributed by atoms with Crippen LogP contribution in [-0.2, 0) is 13.0 Å². The largest absolute Gasteiger partial charge is 0.367 e. The standard InChI is InChI=1S/C13H11ClIN3/c14-13-11-7-18(5-4-12(11)16-8-17-13)10-3-1-2-9(15)6-10/h1-3,6,8H,4-5,7H2. The van der Waals surface area contributed by atoms with Crippen molar-refractivity contribution in [1.29, 1.82) is 0 Å². The van der Waals surface area contributed by atoms with E-state index < -0.39 is 0 Å². The minimum Gasteiger partial charge on any atom is -0.367 e. The maximum absolute atomic E-state index is 6.15. The highest BCUT2D eigenvalue weighted by atomic mass is 127. The number of halogens is 2. The summed E-state index contributed by atoms with van der Waals surface area (Å²) in [5.41, 5.74) is 3.37. The molecule has 0 amide bonds. The van der Waals surface area contributed by atoms with Crippen molar-refractivity contribution in [3.63, 3.8) is 0 Å². The van der Waals surface area contributed by atoms with Crippen LogP contribution in [0.1, 0.15) is 11.3 Å². The zero-order chi connectivity index (χ0) is 12.5. The molecule has 1 aliphatic rings. The average Bonchev–Trinajstić information content (AvgIpc) is 2.39. The summed E-state index contributed by atoms with van der Waals surface area (Å²) in [4.78, 5) is 10.7. The van der Waals surface area contributed by atoms with Gasteiger partial charge >= 0.3 is 0 Å². The van der Waals surface area contributed by atoms with E-state index >= 15 is 0 Å². The van der Waals surface area contributed by atoms with E-state index in [0.717, 1.165) is 30.8 Å². The number of hydrogen-bond acceptors (Lipinski definition) is 3. The molecule has 3 nitrogen and oxygen atoms in total. The molecule has 0 unspecified atom stereocenters. The number of fused-ring (bicyclic) bond motifs is 1. The summed E-state index contributed by atoms with van der Waals surface area (Å²) in [7, 11) is 0. The van der Waals surface area contributed by atoms with Crippen molar-refractivity contribution in [3.8, 4) is 0 Å². The predicted molar refractivity (Wildman–Crippen MR) is 81.0 cm³/mol. The second-order valence-electron chi connectivity index (χ2n) is 4.24. The third-order valence-electron chi connectivity index (χ3n) is 3.12. The second kappa shape index (κ2) is 5.01. The Hall–Kier alpha value is -0.880. The molecule has 1 aromatic carbocycles. The predicted octanol–water partition coefficient (Wildman–Crippen LogP) is 3.30. The fourth-order valence-corrected chi connectivity index (χ4v) is 2.94. The van der Waals surface area contributed by atoms with Crippen molar-refractivity contribution >= 4 is 39.9 Å². The molecule has 5 heteroatoms. The van der Waals surface area contributed by atoms with Crippen LogP contribution in [0.3, 0.4) is 0 Å². The summed E-state index contributed by atoms with van der Waals surface area (Å²) in [5, 5.41) is 0.579. The molecule has 0 saturated heterocycles. The summed E-state index contributed by atoms with van der Waals surface area (Å²) in [5.74, 6) is 0. The van der Waals surface area contributed by atoms with E-state index in [-0.39, 0.29) is 0 Å². The van der Waals surface area contributed by atoms with E-state index in [1.807, 2.05) is 0 Å². The average molecular weight is 372 g/mol. The normalized spacial score (nSPS) is 14.4. The SMILES string of the molecule is Clc1ncnc2c1CN(c1cccc(I)c1)CC2. The van der Waals surface area contributed by atoms with E-state index in [4.69, 9.17) is 11.6 Å². The molecule has 0 saturated carbocycles. The van der Waals surface area contributed by atoms with Gasteiger partial charge in [0, 0.05) is 34.3 Å². The van der Waals surface area contributed by atoms with Crippen molar-refractivity contribution < 1.29 is 0 Å². The molecule has 0 radical (unpaired) electrons. The van der Waals surface area contributed by atoms with Gasteiger partial charge in [0.15, 0.2) is 0 Å². The fraction of sp³-hybridized carbons (Fsp3) is 0.231. The number of anilines is 1. The second-order valence-corrected chi connectivity index (χ2v) is 5.84. The molecule has 1 aromatic heterocycles. The molecule has 0 N–H and O–H groups in total. The van der Waals surface area contributed by atoms with Gasteiger partial charge in [-0.25, -0.2) is 9.97 Å². The molecule has 2 aromatic rings. The van der Waals surface area contributed by atoms with E-state index in [1.165, 1.54) is 9.26 Å². The van der Waals surface area contributed by atoms with Gasteiger partial charge in [0.25, 0.3) is 0 Å². The lowest BCUT2D eigenvalue weighted by atomic mass is 10.1. The summed E-state index contributed by atoms with van der Waals surface area (Å²) < 4.78 is 1.24. The summed E-state index contributed by atoms with van der Waals surface area (Å²) in [6.07, 6.45) is 2.46. The first-order valence-electron chi connectivity index (χ1n) is 5.73. The van der Waals surface area contributed by atoms with Crippen LogP contribution < -0.4 is 4.90 Å². The third-order valence-corrected chi connectivity index (χ3v) is 4.12. The van der Waals surface area contributed by atoms with E-state index in [2.05, 4.69) is 61.7 Å². The first-order valence-corrected chi connectivity index (χ1v) is 7.18. The smallest absolute Gasteiger partial charge is 0.137 e. The molecule has 0 spiro atoms. The highest BCUT2D eigenvalue weighted by molar-refractivity contribution is 14.1. The van der Waals surface area contributed by atoms with Crippen LogP contribution in [0, 0.1) is 3.57 Å². The van der Waals surface area contributed by atoms with Gasteiger partial charge in [-0.2, -0.15) is 0 Å². The first-order chi connectivity index (χ1) is 8.74. The molecule has 0 aliphatic carbocycles. The van der Waals surface area contributed by atoms with Crippen molar-refractivity contribution in [2.24, 2.45) is 0 Å². The van der Waals surface area contributed by atoms with Crippen molar-refractivity contribution in [1.82, 2.24) is 9.97 Å². The Morgan fingerprint density at radius 1 is 1.28 bits per heavy atom. The molecule has 2 heterocycles. The highest BCUT2D eigenvalue weighted by Crippen LogP contribution is 2.27. The van der Waals surface area contributed by atoms with E-state index in [0.29, 0.717) is 5.15 Å². The van der Waals surface area contributed by atoms with Crippen LogP contribution in [0.5, 0.6) is 0 Å². The zero-order valence-corrected chi connectivity index (χ0v) is 12.5. The van der Waals surface area contributed by atoms with Crippen molar-refractivity contribution in [2.45, 2.75) is 13.0 Å². The van der Waals surface area contributed by atoms with Crippen molar-refractivity contribution in [3.05, 3.63) is 50.6 Å². The lowest BCUT2D eigenvalue weighted by molar-refractivity contribution is 0.705. The molecule has 3 rings (SSSR count). The minimum atomic E-state index is 0.579. The van der Waals surface area contributed by atoms with Crippen LogP contribution in [0.4, 0.5) is 5.69 Å². The lowest BCUT2D eigenvalue weighted by Crippen LogP contribution is -2.31. The number of hydrogen-bond donors (Lipinski definition) is 0. The highest BCUT2D eigenvalue weighted by Gasteiger charge is 2.20. The number of rotatable bonds is 1. The van der Waals surface area contributed by atoms with Gasteiger partial charge < -0.3 is 4.90 Å². The Kier molecular flexibility index (Phi) is 3.39. The van der Waals surface area contributed by atoms with Gasteiger partial charge in [-0.1, -0.05) is 17.7 Å². The Balaban J connectivity index is 1.93. The lowest BCUT2D eigenvalue weighted by Gasteiger charge is -2.30. The molecular weight excluding hydrogens is 361 g/mol. The molecule has 0 bridgehead atoms. The van der Waals surface area contributed by atoms with Crippen LogP contribution in [0.25, 0.3) is 0 Å². The fourth-order valence-electron chi connectivity index (χ4n) is 2.20. The molecular formula is C13H11ClIN3. The first kappa shape index (κ1) is 12.2. The summed E-state index contributed by atoms with van der Waals surface area (Å²) in [6.45, 7) is 1.76. The Morgan fingerprint density at radius 2 is 2.17 bits per heavy atom. The Bertz CT molecular complexity index is 588. The topological polar surface area (TPSA) is 29.0 Å². The number of benzene rings is 1. The maximum atomic E-state index is 6.15. The monoisotopic (exact) mass is 371 g/mol. The van der Waals surface area contributed by atoms with Crippen molar-refractivity contribution in [2.75, 3.05) is 11.4 Å². The van der Waals surface area contributed by atoms with Gasteiger partial charge in [-0.15, -0.1) is 0 Å². The molecule has 0 fully saturated rings. The summed E-state index contributed by atoms with van der Waals surface area (Å²) in [6, 6.07) is 8.49. The van der Waals surface area contributed by atoms with Gasteiger partial charge in [-0.3, -0.25) is 0 Å². The number of nitrogens with zero attached hydrogens (tertiary/aromatic N) is 3. The Morgan fingerprint density at radius 3 is 3.00 bits per heavy atom.